The number of rotatable bonds is 4. The van der Waals surface area contributed by atoms with E-state index >= 15 is 0 Å². The van der Waals surface area contributed by atoms with Crippen molar-refractivity contribution in [1.29, 1.82) is 0 Å². The topological polar surface area (TPSA) is 60.7 Å². The fourth-order valence-corrected chi connectivity index (χ4v) is 5.62. The number of halogens is 1. The van der Waals surface area contributed by atoms with Crippen molar-refractivity contribution in [3.63, 3.8) is 0 Å². The molecule has 0 saturated carbocycles. The van der Waals surface area contributed by atoms with Gasteiger partial charge in [0.25, 0.3) is 5.91 Å². The molecule has 0 unspecified atom stereocenters. The highest BCUT2D eigenvalue weighted by Gasteiger charge is 2.17. The molecule has 0 atom stereocenters. The highest BCUT2D eigenvalue weighted by Crippen LogP contribution is 2.35. The van der Waals surface area contributed by atoms with Crippen molar-refractivity contribution in [3.8, 4) is 0 Å². The van der Waals surface area contributed by atoms with Crippen LogP contribution in [0.4, 0.5) is 0 Å². The van der Waals surface area contributed by atoms with E-state index < -0.39 is 0 Å². The van der Waals surface area contributed by atoms with Gasteiger partial charge in [-0.3, -0.25) is 4.79 Å². The molecule has 0 spiro atoms. The van der Waals surface area contributed by atoms with E-state index in [4.69, 9.17) is 16.3 Å². The Labute approximate surface area is 179 Å². The van der Waals surface area contributed by atoms with E-state index in [0.29, 0.717) is 33.4 Å². The Bertz CT molecular complexity index is 1320. The molecule has 5 nitrogen and oxygen atoms in total. The lowest BCUT2D eigenvalue weighted by molar-refractivity contribution is 0.0526. The number of esters is 1. The van der Waals surface area contributed by atoms with Crippen molar-refractivity contribution < 1.29 is 14.3 Å². The molecule has 0 aliphatic rings. The summed E-state index contributed by atoms with van der Waals surface area (Å²) in [4.78, 5) is 30.3. The SMILES string of the molecule is CCOC(=O)c1ccc2c(c1)sc(=NC(=O)c1sc3ccccc3c1Cl)n2CC. The number of hydrogen-bond donors (Lipinski definition) is 0. The molecule has 4 aromatic rings. The lowest BCUT2D eigenvalue weighted by Crippen LogP contribution is -2.15. The van der Waals surface area contributed by atoms with E-state index in [1.54, 1.807) is 19.1 Å². The van der Waals surface area contributed by atoms with Crippen LogP contribution in [0.5, 0.6) is 0 Å². The van der Waals surface area contributed by atoms with E-state index in [1.807, 2.05) is 41.8 Å². The third-order valence-electron chi connectivity index (χ3n) is 4.44. The van der Waals surface area contributed by atoms with Gasteiger partial charge in [0, 0.05) is 16.6 Å². The summed E-state index contributed by atoms with van der Waals surface area (Å²) in [6.07, 6.45) is 0. The number of thiophene rings is 1. The van der Waals surface area contributed by atoms with Gasteiger partial charge < -0.3 is 9.30 Å². The van der Waals surface area contributed by atoms with Crippen molar-refractivity contribution >= 4 is 66.5 Å². The smallest absolute Gasteiger partial charge is 0.338 e. The van der Waals surface area contributed by atoms with Crippen molar-refractivity contribution in [2.45, 2.75) is 20.4 Å². The summed E-state index contributed by atoms with van der Waals surface area (Å²) in [6.45, 7) is 4.72. The summed E-state index contributed by atoms with van der Waals surface area (Å²) in [5, 5.41) is 1.30. The van der Waals surface area contributed by atoms with Crippen molar-refractivity contribution in [2.75, 3.05) is 6.61 Å². The van der Waals surface area contributed by atoms with Crippen LogP contribution in [0.2, 0.25) is 5.02 Å². The highest BCUT2D eigenvalue weighted by molar-refractivity contribution is 7.21. The highest BCUT2D eigenvalue weighted by atomic mass is 35.5. The number of hydrogen-bond acceptors (Lipinski definition) is 5. The van der Waals surface area contributed by atoms with Crippen LogP contribution >= 0.6 is 34.3 Å². The molecule has 148 valence electrons. The van der Waals surface area contributed by atoms with Gasteiger partial charge in [-0.2, -0.15) is 4.99 Å². The van der Waals surface area contributed by atoms with E-state index in [9.17, 15) is 9.59 Å². The maximum atomic E-state index is 12.9. The first-order valence-electron chi connectivity index (χ1n) is 9.10. The first kappa shape index (κ1) is 19.8. The van der Waals surface area contributed by atoms with Crippen LogP contribution < -0.4 is 4.80 Å². The monoisotopic (exact) mass is 444 g/mol. The molecule has 0 fully saturated rings. The molecule has 2 aromatic heterocycles. The molecule has 0 aliphatic carbocycles. The molecule has 0 radical (unpaired) electrons. The maximum Gasteiger partial charge on any atom is 0.338 e. The van der Waals surface area contributed by atoms with Crippen LogP contribution in [0.25, 0.3) is 20.3 Å². The zero-order valence-corrected chi connectivity index (χ0v) is 18.2. The minimum atomic E-state index is -0.365. The first-order valence-corrected chi connectivity index (χ1v) is 11.1. The molecule has 0 N–H and O–H groups in total. The molecule has 0 bridgehead atoms. The molecule has 4 rings (SSSR count). The Morgan fingerprint density at radius 2 is 1.90 bits per heavy atom. The number of thiazole rings is 1. The van der Waals surface area contributed by atoms with Crippen LogP contribution in [-0.2, 0) is 11.3 Å². The summed E-state index contributed by atoms with van der Waals surface area (Å²) in [5.74, 6) is -0.729. The first-order chi connectivity index (χ1) is 14.0. The van der Waals surface area contributed by atoms with Gasteiger partial charge in [0.1, 0.15) is 4.88 Å². The molecule has 8 heteroatoms. The molecule has 0 saturated heterocycles. The zero-order valence-electron chi connectivity index (χ0n) is 15.8. The number of ether oxygens (including phenoxy) is 1. The molecular weight excluding hydrogens is 428 g/mol. The number of aromatic nitrogens is 1. The minimum absolute atomic E-state index is 0.321. The molecule has 0 aliphatic heterocycles. The summed E-state index contributed by atoms with van der Waals surface area (Å²) >= 11 is 9.14. The van der Waals surface area contributed by atoms with Crippen molar-refractivity contribution in [3.05, 3.63) is 62.7 Å². The van der Waals surface area contributed by atoms with Gasteiger partial charge in [0.15, 0.2) is 4.80 Å². The summed E-state index contributed by atoms with van der Waals surface area (Å²) < 4.78 is 8.85. The quantitative estimate of drug-likeness (QED) is 0.390. The standard InChI is InChI=1S/C21H17ClN2O3S2/c1-3-24-14-10-9-12(20(26)27-4-2)11-16(14)29-21(24)23-19(25)18-17(22)13-7-5-6-8-15(13)28-18/h5-11H,3-4H2,1-2H3. The molecule has 2 heterocycles. The van der Waals surface area contributed by atoms with Crippen LogP contribution in [0.3, 0.4) is 0 Å². The van der Waals surface area contributed by atoms with Crippen LogP contribution in [0.15, 0.2) is 47.5 Å². The number of aryl methyl sites for hydroxylation is 1. The van der Waals surface area contributed by atoms with E-state index in [0.717, 1.165) is 20.3 Å². The van der Waals surface area contributed by atoms with Crippen LogP contribution in [0, 0.1) is 0 Å². The normalized spacial score (nSPS) is 12.0. The predicted molar refractivity (Wildman–Crippen MR) is 118 cm³/mol. The Balaban J connectivity index is 1.81. The summed E-state index contributed by atoms with van der Waals surface area (Å²) in [6, 6.07) is 13.0. The Morgan fingerprint density at radius 3 is 2.62 bits per heavy atom. The number of nitrogens with zero attached hydrogens (tertiary/aromatic N) is 2. The Morgan fingerprint density at radius 1 is 1.10 bits per heavy atom. The van der Waals surface area contributed by atoms with E-state index in [-0.39, 0.29) is 11.9 Å². The third kappa shape index (κ3) is 3.61. The molecule has 2 aromatic carbocycles. The van der Waals surface area contributed by atoms with Crippen LogP contribution in [-0.4, -0.2) is 23.1 Å². The molecule has 29 heavy (non-hydrogen) atoms. The lowest BCUT2D eigenvalue weighted by Gasteiger charge is -2.03. The molecular formula is C21H17ClN2O3S2. The summed E-state index contributed by atoms with van der Waals surface area (Å²) in [7, 11) is 0. The fraction of sp³-hybridized carbons (Fsp3) is 0.190. The predicted octanol–water partition coefficient (Wildman–Crippen LogP) is 5.51. The molecule has 1 amide bonds. The average molecular weight is 445 g/mol. The van der Waals surface area contributed by atoms with Gasteiger partial charge >= 0.3 is 5.97 Å². The van der Waals surface area contributed by atoms with Gasteiger partial charge in [-0.25, -0.2) is 4.79 Å². The number of fused-ring (bicyclic) bond motifs is 2. The minimum Gasteiger partial charge on any atom is -0.462 e. The van der Waals surface area contributed by atoms with E-state index in [1.165, 1.54) is 22.7 Å². The number of carbonyl (C=O) groups is 2. The van der Waals surface area contributed by atoms with Gasteiger partial charge in [-0.15, -0.1) is 11.3 Å². The summed E-state index contributed by atoms with van der Waals surface area (Å²) in [5.41, 5.74) is 1.40. The second-order valence-electron chi connectivity index (χ2n) is 6.19. The van der Waals surface area contributed by atoms with Crippen LogP contribution in [0.1, 0.15) is 33.9 Å². The second kappa shape index (κ2) is 8.10. The van der Waals surface area contributed by atoms with E-state index in [2.05, 4.69) is 4.99 Å². The number of amides is 1. The zero-order chi connectivity index (χ0) is 20.5. The largest absolute Gasteiger partial charge is 0.462 e. The van der Waals surface area contributed by atoms with Gasteiger partial charge in [-0.05, 0) is 38.1 Å². The lowest BCUT2D eigenvalue weighted by atomic mass is 10.2. The van der Waals surface area contributed by atoms with Gasteiger partial charge in [-0.1, -0.05) is 41.1 Å². The second-order valence-corrected chi connectivity index (χ2v) is 8.63. The van der Waals surface area contributed by atoms with Crippen molar-refractivity contribution in [2.24, 2.45) is 4.99 Å². The maximum absolute atomic E-state index is 12.9. The number of carbonyl (C=O) groups excluding carboxylic acids is 2. The van der Waals surface area contributed by atoms with Gasteiger partial charge in [0.05, 0.1) is 27.4 Å². The average Bonchev–Trinajstić information content (AvgIpc) is 3.24. The van der Waals surface area contributed by atoms with Crippen molar-refractivity contribution in [1.82, 2.24) is 4.57 Å². The van der Waals surface area contributed by atoms with Gasteiger partial charge in [0.2, 0.25) is 0 Å². The number of benzene rings is 2. The Kier molecular flexibility index (Phi) is 5.54. The Hall–Kier alpha value is -2.48. The fourth-order valence-electron chi connectivity index (χ4n) is 3.09. The third-order valence-corrected chi connectivity index (χ3v) is 7.14.